The molecular weight excluding hydrogens is 228 g/mol. The second kappa shape index (κ2) is 5.20. The Bertz CT molecular complexity index is 394. The molecule has 1 aliphatic rings. The van der Waals surface area contributed by atoms with Gasteiger partial charge in [0.1, 0.15) is 5.82 Å². The SMILES string of the molecule is Cc1cncc(N2CCN(CC(C)(C)O)CC2)n1. The number of rotatable bonds is 3. The summed E-state index contributed by atoms with van der Waals surface area (Å²) in [6.45, 7) is 10.2. The molecule has 0 aliphatic carbocycles. The molecule has 1 aromatic rings. The smallest absolute Gasteiger partial charge is 0.147 e. The average Bonchev–Trinajstić information content (AvgIpc) is 2.28. The largest absolute Gasteiger partial charge is 0.389 e. The van der Waals surface area contributed by atoms with Crippen molar-refractivity contribution < 1.29 is 5.11 Å². The van der Waals surface area contributed by atoms with Crippen LogP contribution in [0, 0.1) is 6.92 Å². The van der Waals surface area contributed by atoms with E-state index in [0.29, 0.717) is 0 Å². The zero-order chi connectivity index (χ0) is 13.2. The molecule has 1 fully saturated rings. The van der Waals surface area contributed by atoms with Crippen LogP contribution in [0.4, 0.5) is 5.82 Å². The Morgan fingerprint density at radius 2 is 1.89 bits per heavy atom. The van der Waals surface area contributed by atoms with Gasteiger partial charge in [-0.05, 0) is 20.8 Å². The number of anilines is 1. The number of nitrogens with zero attached hydrogens (tertiary/aromatic N) is 4. The first kappa shape index (κ1) is 13.2. The lowest BCUT2D eigenvalue weighted by Gasteiger charge is -2.37. The summed E-state index contributed by atoms with van der Waals surface area (Å²) in [7, 11) is 0. The van der Waals surface area contributed by atoms with Gasteiger partial charge in [0, 0.05) is 38.9 Å². The van der Waals surface area contributed by atoms with Crippen LogP contribution in [0.25, 0.3) is 0 Å². The van der Waals surface area contributed by atoms with Gasteiger partial charge in [0.05, 0.1) is 17.5 Å². The van der Waals surface area contributed by atoms with Crippen LogP contribution >= 0.6 is 0 Å². The molecule has 0 aromatic carbocycles. The van der Waals surface area contributed by atoms with Gasteiger partial charge in [-0.3, -0.25) is 9.88 Å². The van der Waals surface area contributed by atoms with Crippen molar-refractivity contribution in [3.63, 3.8) is 0 Å². The molecule has 100 valence electrons. The van der Waals surface area contributed by atoms with E-state index in [0.717, 1.165) is 44.2 Å². The molecule has 1 aliphatic heterocycles. The molecule has 0 bridgehead atoms. The molecule has 18 heavy (non-hydrogen) atoms. The maximum atomic E-state index is 9.81. The number of aromatic nitrogens is 2. The van der Waals surface area contributed by atoms with Gasteiger partial charge in [0.2, 0.25) is 0 Å². The van der Waals surface area contributed by atoms with Gasteiger partial charge in [0.15, 0.2) is 0 Å². The van der Waals surface area contributed by atoms with E-state index in [1.807, 2.05) is 27.0 Å². The van der Waals surface area contributed by atoms with E-state index in [1.54, 1.807) is 6.20 Å². The summed E-state index contributed by atoms with van der Waals surface area (Å²) in [6, 6.07) is 0. The van der Waals surface area contributed by atoms with Gasteiger partial charge in [-0.25, -0.2) is 4.98 Å². The van der Waals surface area contributed by atoms with Crippen LogP contribution < -0.4 is 4.90 Å². The summed E-state index contributed by atoms with van der Waals surface area (Å²) in [5.41, 5.74) is 0.331. The molecule has 2 heterocycles. The zero-order valence-electron chi connectivity index (χ0n) is 11.4. The van der Waals surface area contributed by atoms with Crippen molar-refractivity contribution in [1.82, 2.24) is 14.9 Å². The highest BCUT2D eigenvalue weighted by Gasteiger charge is 2.23. The number of hydrogen-bond acceptors (Lipinski definition) is 5. The van der Waals surface area contributed by atoms with E-state index in [9.17, 15) is 5.11 Å². The molecule has 5 heteroatoms. The Kier molecular flexibility index (Phi) is 3.82. The fraction of sp³-hybridized carbons (Fsp3) is 0.692. The highest BCUT2D eigenvalue weighted by molar-refractivity contribution is 5.36. The minimum absolute atomic E-state index is 0.620. The fourth-order valence-corrected chi connectivity index (χ4v) is 2.28. The number of aliphatic hydroxyl groups is 1. The van der Waals surface area contributed by atoms with Crippen LogP contribution in [0.15, 0.2) is 12.4 Å². The number of aryl methyl sites for hydroxylation is 1. The van der Waals surface area contributed by atoms with Gasteiger partial charge in [-0.1, -0.05) is 0 Å². The van der Waals surface area contributed by atoms with Gasteiger partial charge in [-0.15, -0.1) is 0 Å². The quantitative estimate of drug-likeness (QED) is 0.855. The maximum absolute atomic E-state index is 9.81. The summed E-state index contributed by atoms with van der Waals surface area (Å²) in [5, 5.41) is 9.81. The lowest BCUT2D eigenvalue weighted by atomic mass is 10.1. The first-order valence-electron chi connectivity index (χ1n) is 6.42. The van der Waals surface area contributed by atoms with E-state index < -0.39 is 5.60 Å². The number of piperazine rings is 1. The topological polar surface area (TPSA) is 52.5 Å². The van der Waals surface area contributed by atoms with E-state index >= 15 is 0 Å². The minimum atomic E-state index is -0.620. The van der Waals surface area contributed by atoms with Crippen LogP contribution in [0.5, 0.6) is 0 Å². The molecule has 1 saturated heterocycles. The van der Waals surface area contributed by atoms with E-state index in [2.05, 4.69) is 19.8 Å². The molecule has 5 nitrogen and oxygen atoms in total. The molecule has 0 spiro atoms. The molecule has 2 rings (SSSR count). The minimum Gasteiger partial charge on any atom is -0.389 e. The van der Waals surface area contributed by atoms with Crippen LogP contribution in [-0.4, -0.2) is 58.3 Å². The van der Waals surface area contributed by atoms with Crippen molar-refractivity contribution in [2.75, 3.05) is 37.6 Å². The van der Waals surface area contributed by atoms with E-state index in [1.165, 1.54) is 0 Å². The Hall–Kier alpha value is -1.20. The summed E-state index contributed by atoms with van der Waals surface area (Å²) in [5.74, 6) is 0.956. The summed E-state index contributed by atoms with van der Waals surface area (Å²) in [6.07, 6.45) is 3.59. The Morgan fingerprint density at radius 3 is 2.44 bits per heavy atom. The van der Waals surface area contributed by atoms with Gasteiger partial charge in [0.25, 0.3) is 0 Å². The highest BCUT2D eigenvalue weighted by atomic mass is 16.3. The van der Waals surface area contributed by atoms with Gasteiger partial charge in [-0.2, -0.15) is 0 Å². The first-order valence-corrected chi connectivity index (χ1v) is 6.42. The third kappa shape index (κ3) is 3.65. The lowest BCUT2D eigenvalue weighted by Crippen LogP contribution is -2.50. The fourth-order valence-electron chi connectivity index (χ4n) is 2.28. The standard InChI is InChI=1S/C13H22N4O/c1-11-8-14-9-12(15-11)17-6-4-16(5-7-17)10-13(2,3)18/h8-9,18H,4-7,10H2,1-3H3. The van der Waals surface area contributed by atoms with Crippen LogP contribution in [0.2, 0.25) is 0 Å². The molecule has 0 radical (unpaired) electrons. The molecule has 1 N–H and O–H groups in total. The molecule has 0 amide bonds. The Labute approximate surface area is 108 Å². The molecule has 0 saturated carbocycles. The number of β-amino-alcohol motifs (C(OH)–C–C–N with tert-alkyl or cyclic N) is 1. The van der Waals surface area contributed by atoms with Crippen LogP contribution in [0.3, 0.4) is 0 Å². The van der Waals surface area contributed by atoms with Crippen molar-refractivity contribution >= 4 is 5.82 Å². The molecular formula is C13H22N4O. The average molecular weight is 250 g/mol. The van der Waals surface area contributed by atoms with E-state index in [4.69, 9.17) is 0 Å². The van der Waals surface area contributed by atoms with Crippen molar-refractivity contribution in [3.8, 4) is 0 Å². The second-order valence-corrected chi connectivity index (χ2v) is 5.59. The molecule has 0 atom stereocenters. The van der Waals surface area contributed by atoms with Crippen molar-refractivity contribution in [2.45, 2.75) is 26.4 Å². The zero-order valence-corrected chi connectivity index (χ0v) is 11.4. The molecule has 1 aromatic heterocycles. The third-order valence-corrected chi connectivity index (χ3v) is 3.05. The van der Waals surface area contributed by atoms with Crippen molar-refractivity contribution in [3.05, 3.63) is 18.1 Å². The summed E-state index contributed by atoms with van der Waals surface area (Å²) < 4.78 is 0. The van der Waals surface area contributed by atoms with Crippen molar-refractivity contribution in [1.29, 1.82) is 0 Å². The molecule has 0 unspecified atom stereocenters. The van der Waals surface area contributed by atoms with Crippen LogP contribution in [-0.2, 0) is 0 Å². The van der Waals surface area contributed by atoms with Crippen LogP contribution in [0.1, 0.15) is 19.5 Å². The van der Waals surface area contributed by atoms with Gasteiger partial charge >= 0.3 is 0 Å². The maximum Gasteiger partial charge on any atom is 0.147 e. The highest BCUT2D eigenvalue weighted by Crippen LogP contribution is 2.14. The Balaban J connectivity index is 1.91. The second-order valence-electron chi connectivity index (χ2n) is 5.59. The summed E-state index contributed by atoms with van der Waals surface area (Å²) in [4.78, 5) is 13.2. The normalized spacial score (nSPS) is 18.1. The summed E-state index contributed by atoms with van der Waals surface area (Å²) >= 11 is 0. The number of hydrogen-bond donors (Lipinski definition) is 1. The Morgan fingerprint density at radius 1 is 1.22 bits per heavy atom. The predicted molar refractivity (Wildman–Crippen MR) is 71.7 cm³/mol. The van der Waals surface area contributed by atoms with Gasteiger partial charge < -0.3 is 10.0 Å². The van der Waals surface area contributed by atoms with E-state index in [-0.39, 0.29) is 0 Å². The lowest BCUT2D eigenvalue weighted by molar-refractivity contribution is 0.0344. The predicted octanol–water partition coefficient (Wildman–Crippen LogP) is 0.678. The third-order valence-electron chi connectivity index (χ3n) is 3.05. The van der Waals surface area contributed by atoms with Crippen molar-refractivity contribution in [2.24, 2.45) is 0 Å². The monoisotopic (exact) mass is 250 g/mol. The first-order chi connectivity index (χ1) is 8.44.